The van der Waals surface area contributed by atoms with E-state index in [9.17, 15) is 24.9 Å². The van der Waals surface area contributed by atoms with Gasteiger partial charge in [-0.2, -0.15) is 0 Å². The number of rotatable bonds is 6. The molecule has 0 aromatic carbocycles. The molecule has 1 saturated heterocycles. The van der Waals surface area contributed by atoms with Crippen LogP contribution in [-0.2, 0) is 19.1 Å². The molecule has 3 rings (SSSR count). The van der Waals surface area contributed by atoms with Crippen LogP contribution in [0.1, 0.15) is 67.7 Å². The molecule has 8 nitrogen and oxygen atoms in total. The largest absolute Gasteiger partial charge is 0.455 e. The van der Waals surface area contributed by atoms with Gasteiger partial charge in [0.1, 0.15) is 5.60 Å². The maximum Gasteiger partial charge on any atom is 0.320 e. The van der Waals surface area contributed by atoms with E-state index in [2.05, 4.69) is 6.58 Å². The van der Waals surface area contributed by atoms with Gasteiger partial charge < -0.3 is 24.8 Å². The fraction of sp³-hybridized carbons (Fsp3) is 0.846. The first-order chi connectivity index (χ1) is 15.6. The van der Waals surface area contributed by atoms with Crippen molar-refractivity contribution in [2.75, 3.05) is 19.6 Å². The molecule has 4 unspecified atom stereocenters. The second kappa shape index (κ2) is 8.66. The summed E-state index contributed by atoms with van der Waals surface area (Å²) in [5.41, 5.74) is -7.13. The Morgan fingerprint density at radius 3 is 2.32 bits per heavy atom. The van der Waals surface area contributed by atoms with Crippen molar-refractivity contribution in [3.8, 4) is 0 Å². The van der Waals surface area contributed by atoms with Crippen molar-refractivity contribution in [1.29, 1.82) is 0 Å². The number of hydrogen-bond donors (Lipinski definition) is 3. The highest BCUT2D eigenvalue weighted by Crippen LogP contribution is 2.67. The van der Waals surface area contributed by atoms with Gasteiger partial charge >= 0.3 is 5.97 Å². The number of carbonyl (C=O) groups excluding carboxylic acids is 2. The molecule has 0 aromatic rings. The van der Waals surface area contributed by atoms with Crippen molar-refractivity contribution in [3.05, 3.63) is 12.7 Å². The summed E-state index contributed by atoms with van der Waals surface area (Å²) < 4.78 is 12.3. The van der Waals surface area contributed by atoms with Gasteiger partial charge in [0, 0.05) is 17.8 Å². The first-order valence-electron chi connectivity index (χ1n) is 12.4. The molecule has 0 radical (unpaired) electrons. The summed E-state index contributed by atoms with van der Waals surface area (Å²) in [6.45, 7) is 17.7. The first kappa shape index (κ1) is 27.3. The standard InChI is InChI=1S/C26H43NO7/c1-9-23(6)14-17(29)26(32)24(7)16(28)12-13-22(4,5)20(24)19(31)21(25(26,8)34-23)33-18(30)15-27(10-2)11-3/h9,16,19-21,28,31-32H,1,10-15H2,2-8H3/t16-,19?,20?,21?,23-,24?,25+,26-/m0/s1. The molecule has 194 valence electrons. The van der Waals surface area contributed by atoms with Crippen molar-refractivity contribution in [2.24, 2.45) is 16.7 Å². The van der Waals surface area contributed by atoms with Gasteiger partial charge in [0.25, 0.3) is 0 Å². The molecule has 3 aliphatic rings. The highest BCUT2D eigenvalue weighted by Gasteiger charge is 2.81. The first-order valence-corrected chi connectivity index (χ1v) is 12.4. The van der Waals surface area contributed by atoms with Gasteiger partial charge in [-0.05, 0) is 45.2 Å². The van der Waals surface area contributed by atoms with Crippen LogP contribution in [0.4, 0.5) is 0 Å². The van der Waals surface area contributed by atoms with E-state index in [0.717, 1.165) is 0 Å². The smallest absolute Gasteiger partial charge is 0.320 e. The minimum atomic E-state index is -2.20. The summed E-state index contributed by atoms with van der Waals surface area (Å²) in [7, 11) is 0. The summed E-state index contributed by atoms with van der Waals surface area (Å²) in [6.07, 6.45) is -1.37. The Morgan fingerprint density at radius 2 is 1.79 bits per heavy atom. The molecule has 1 heterocycles. The highest BCUT2D eigenvalue weighted by atomic mass is 16.6. The van der Waals surface area contributed by atoms with Crippen molar-refractivity contribution in [2.45, 2.75) is 103 Å². The van der Waals surface area contributed by atoms with E-state index in [0.29, 0.717) is 25.9 Å². The fourth-order valence-corrected chi connectivity index (χ4v) is 7.29. The second-order valence-corrected chi connectivity index (χ2v) is 11.7. The molecule has 0 amide bonds. The molecule has 8 atom stereocenters. The number of nitrogens with zero attached hydrogens (tertiary/aromatic N) is 1. The average Bonchev–Trinajstić information content (AvgIpc) is 2.75. The lowest BCUT2D eigenvalue weighted by Gasteiger charge is -2.71. The SMILES string of the molecule is C=C[C@@]1(C)CC(=O)[C@]2(O)C3(C)C(C(O)C(OC(=O)CN(CC)CC)[C@@]2(C)O1)C(C)(C)CC[C@@H]3O. The maximum absolute atomic E-state index is 13.8. The van der Waals surface area contributed by atoms with E-state index in [4.69, 9.17) is 9.47 Å². The summed E-state index contributed by atoms with van der Waals surface area (Å²) in [4.78, 5) is 28.7. The number of carbonyl (C=O) groups is 2. The van der Waals surface area contributed by atoms with Crippen LogP contribution in [0.25, 0.3) is 0 Å². The molecule has 2 saturated carbocycles. The lowest BCUT2D eigenvalue weighted by molar-refractivity contribution is -0.370. The van der Waals surface area contributed by atoms with Crippen LogP contribution in [0.3, 0.4) is 0 Å². The Hall–Kier alpha value is -1.32. The predicted octanol–water partition coefficient (Wildman–Crippen LogP) is 1.84. The second-order valence-electron chi connectivity index (χ2n) is 11.7. The molecule has 0 aromatic heterocycles. The number of hydrogen-bond acceptors (Lipinski definition) is 8. The number of ketones is 1. The Kier molecular flexibility index (Phi) is 6.95. The van der Waals surface area contributed by atoms with Crippen LogP contribution in [0.2, 0.25) is 0 Å². The van der Waals surface area contributed by atoms with Crippen LogP contribution in [0.5, 0.6) is 0 Å². The van der Waals surface area contributed by atoms with Crippen molar-refractivity contribution < 1.29 is 34.4 Å². The summed E-state index contributed by atoms with van der Waals surface area (Å²) in [5, 5.41) is 35.5. The predicted molar refractivity (Wildman–Crippen MR) is 127 cm³/mol. The van der Waals surface area contributed by atoms with Gasteiger partial charge in [-0.1, -0.05) is 40.7 Å². The number of aliphatic hydroxyl groups is 3. The Morgan fingerprint density at radius 1 is 1.21 bits per heavy atom. The van der Waals surface area contributed by atoms with Crippen molar-refractivity contribution in [3.63, 3.8) is 0 Å². The van der Waals surface area contributed by atoms with Crippen LogP contribution >= 0.6 is 0 Å². The zero-order valence-electron chi connectivity index (χ0n) is 21.8. The number of fused-ring (bicyclic) bond motifs is 3. The van der Waals surface area contributed by atoms with E-state index in [1.807, 2.05) is 32.6 Å². The number of esters is 1. The van der Waals surface area contributed by atoms with Gasteiger partial charge in [-0.25, -0.2) is 0 Å². The lowest BCUT2D eigenvalue weighted by Crippen LogP contribution is -2.86. The van der Waals surface area contributed by atoms with Crippen LogP contribution in [0.15, 0.2) is 12.7 Å². The average molecular weight is 482 g/mol. The van der Waals surface area contributed by atoms with Crippen molar-refractivity contribution >= 4 is 11.8 Å². The maximum atomic E-state index is 13.8. The molecule has 3 fully saturated rings. The summed E-state index contributed by atoms with van der Waals surface area (Å²) >= 11 is 0. The summed E-state index contributed by atoms with van der Waals surface area (Å²) in [5.74, 6) is -1.81. The highest BCUT2D eigenvalue weighted by molar-refractivity contribution is 5.92. The molecule has 8 heteroatoms. The zero-order valence-corrected chi connectivity index (χ0v) is 21.8. The van der Waals surface area contributed by atoms with Gasteiger partial charge in [-0.3, -0.25) is 14.5 Å². The van der Waals surface area contributed by atoms with Crippen LogP contribution in [0, 0.1) is 16.7 Å². The minimum Gasteiger partial charge on any atom is -0.455 e. The van der Waals surface area contributed by atoms with E-state index >= 15 is 0 Å². The van der Waals surface area contributed by atoms with E-state index in [-0.39, 0.29) is 13.0 Å². The Labute approximate surface area is 203 Å². The molecular weight excluding hydrogens is 438 g/mol. The van der Waals surface area contributed by atoms with Gasteiger partial charge in [0.2, 0.25) is 0 Å². The third kappa shape index (κ3) is 3.60. The zero-order chi connectivity index (χ0) is 25.9. The topological polar surface area (TPSA) is 117 Å². The van der Waals surface area contributed by atoms with E-state index in [1.54, 1.807) is 13.8 Å². The van der Waals surface area contributed by atoms with Crippen molar-refractivity contribution in [1.82, 2.24) is 4.90 Å². The minimum absolute atomic E-state index is 0.00531. The molecule has 34 heavy (non-hydrogen) atoms. The lowest BCUT2D eigenvalue weighted by atomic mass is 9.40. The molecule has 0 spiro atoms. The number of likely N-dealkylation sites (N-methyl/N-ethyl adjacent to an activating group) is 1. The third-order valence-corrected chi connectivity index (χ3v) is 9.23. The molecule has 0 bridgehead atoms. The molecular formula is C26H43NO7. The van der Waals surface area contributed by atoms with Gasteiger partial charge in [0.15, 0.2) is 17.5 Å². The molecule has 2 aliphatic carbocycles. The quantitative estimate of drug-likeness (QED) is 0.389. The molecule has 1 aliphatic heterocycles. The van der Waals surface area contributed by atoms with E-state index in [1.165, 1.54) is 13.0 Å². The fourth-order valence-electron chi connectivity index (χ4n) is 7.29. The normalized spacial score (nSPS) is 45.9. The summed E-state index contributed by atoms with van der Waals surface area (Å²) in [6, 6.07) is 0. The Balaban J connectivity index is 2.20. The van der Waals surface area contributed by atoms with Crippen LogP contribution < -0.4 is 0 Å². The van der Waals surface area contributed by atoms with Crippen LogP contribution in [-0.4, -0.2) is 86.7 Å². The monoisotopic (exact) mass is 481 g/mol. The Bertz CT molecular complexity index is 841. The van der Waals surface area contributed by atoms with Gasteiger partial charge in [-0.15, -0.1) is 6.58 Å². The number of aliphatic hydroxyl groups excluding tert-OH is 2. The third-order valence-electron chi connectivity index (χ3n) is 9.23. The van der Waals surface area contributed by atoms with Gasteiger partial charge in [0.05, 0.1) is 24.4 Å². The van der Waals surface area contributed by atoms with E-state index < -0.39 is 63.6 Å². The number of Topliss-reactive ketones (excluding diaryl/α,β-unsaturated/α-hetero) is 1. The molecule has 3 N–H and O–H groups in total. The number of ether oxygens (including phenoxy) is 2.